The van der Waals surface area contributed by atoms with Gasteiger partial charge in [0.15, 0.2) is 0 Å². The maximum absolute atomic E-state index is 13.5. The van der Waals surface area contributed by atoms with Crippen molar-refractivity contribution in [3.05, 3.63) is 88.3 Å². The molecule has 2 aliphatic rings. The largest absolute Gasteiger partial charge is 0.495 e. The molecule has 3 aromatic rings. The van der Waals surface area contributed by atoms with Crippen LogP contribution in [0.2, 0.25) is 5.02 Å². The van der Waals surface area contributed by atoms with E-state index in [2.05, 4.69) is 4.90 Å². The number of halogens is 1. The first-order valence-electron chi connectivity index (χ1n) is 11.8. The van der Waals surface area contributed by atoms with Crippen LogP contribution in [0.15, 0.2) is 82.6 Å². The van der Waals surface area contributed by atoms with Crippen LogP contribution >= 0.6 is 23.4 Å². The highest BCUT2D eigenvalue weighted by atomic mass is 35.5. The summed E-state index contributed by atoms with van der Waals surface area (Å²) in [5, 5.41) is 0.609. The minimum absolute atomic E-state index is 0.00203. The fourth-order valence-electron chi connectivity index (χ4n) is 4.49. The summed E-state index contributed by atoms with van der Waals surface area (Å²) in [5.74, 6) is 0.579. The number of para-hydroxylation sites is 3. The number of nitrogens with zero attached hydrogens (tertiary/aromatic N) is 3. The first kappa shape index (κ1) is 24.3. The van der Waals surface area contributed by atoms with E-state index >= 15 is 0 Å². The number of rotatable bonds is 5. The van der Waals surface area contributed by atoms with Crippen LogP contribution in [-0.2, 0) is 9.59 Å². The molecule has 2 aliphatic heterocycles. The number of carbonyl (C=O) groups excluding carboxylic acids is 2. The Morgan fingerprint density at radius 2 is 1.69 bits per heavy atom. The van der Waals surface area contributed by atoms with Gasteiger partial charge in [-0.2, -0.15) is 0 Å². The molecule has 0 bridgehead atoms. The summed E-state index contributed by atoms with van der Waals surface area (Å²) in [7, 11) is 1.67. The minimum Gasteiger partial charge on any atom is -0.495 e. The number of benzene rings is 3. The number of piperazine rings is 1. The van der Waals surface area contributed by atoms with Gasteiger partial charge < -0.3 is 14.5 Å². The average molecular weight is 520 g/mol. The Bertz CT molecular complexity index is 1320. The van der Waals surface area contributed by atoms with Gasteiger partial charge >= 0.3 is 0 Å². The van der Waals surface area contributed by atoms with E-state index < -0.39 is 0 Å². The maximum Gasteiger partial charge on any atom is 0.265 e. The van der Waals surface area contributed by atoms with Gasteiger partial charge in [0.1, 0.15) is 12.3 Å². The zero-order chi connectivity index (χ0) is 25.1. The maximum atomic E-state index is 13.5. The Morgan fingerprint density at radius 3 is 2.44 bits per heavy atom. The molecule has 5 rings (SSSR count). The lowest BCUT2D eigenvalue weighted by molar-refractivity contribution is -0.131. The van der Waals surface area contributed by atoms with Crippen molar-refractivity contribution in [2.75, 3.05) is 49.6 Å². The molecular weight excluding hydrogens is 494 g/mol. The molecule has 0 N–H and O–H groups in total. The van der Waals surface area contributed by atoms with Crippen LogP contribution in [0.3, 0.4) is 0 Å². The molecule has 1 saturated heterocycles. The van der Waals surface area contributed by atoms with Gasteiger partial charge in [-0.1, -0.05) is 59.8 Å². The van der Waals surface area contributed by atoms with E-state index in [0.717, 1.165) is 27.6 Å². The quantitative estimate of drug-likeness (QED) is 0.435. The van der Waals surface area contributed by atoms with E-state index in [0.29, 0.717) is 36.1 Å². The summed E-state index contributed by atoms with van der Waals surface area (Å²) < 4.78 is 5.50. The number of carbonyl (C=O) groups is 2. The molecule has 0 unspecified atom stereocenters. The number of amides is 2. The van der Waals surface area contributed by atoms with E-state index in [9.17, 15) is 9.59 Å². The number of thioether (sulfide) groups is 1. The van der Waals surface area contributed by atoms with E-state index in [4.69, 9.17) is 16.3 Å². The molecular formula is C28H26ClN3O3S. The Labute approximate surface area is 220 Å². The lowest BCUT2D eigenvalue weighted by atomic mass is 10.2. The number of methoxy groups -OCH3 is 1. The van der Waals surface area contributed by atoms with Crippen molar-refractivity contribution < 1.29 is 14.3 Å². The van der Waals surface area contributed by atoms with Crippen molar-refractivity contribution >= 4 is 52.6 Å². The van der Waals surface area contributed by atoms with Crippen molar-refractivity contribution in [2.45, 2.75) is 4.90 Å². The number of anilines is 2. The molecule has 184 valence electrons. The van der Waals surface area contributed by atoms with Gasteiger partial charge in [0.25, 0.3) is 5.91 Å². The number of fused-ring (bicyclic) bond motifs is 1. The van der Waals surface area contributed by atoms with Crippen molar-refractivity contribution in [2.24, 2.45) is 0 Å². The van der Waals surface area contributed by atoms with Gasteiger partial charge in [-0.15, -0.1) is 0 Å². The second-order valence-electron chi connectivity index (χ2n) is 8.56. The predicted molar refractivity (Wildman–Crippen MR) is 146 cm³/mol. The molecule has 2 amide bonds. The molecule has 0 atom stereocenters. The third kappa shape index (κ3) is 5.08. The van der Waals surface area contributed by atoms with Crippen molar-refractivity contribution in [1.29, 1.82) is 0 Å². The van der Waals surface area contributed by atoms with Crippen LogP contribution in [0.4, 0.5) is 11.4 Å². The Kier molecular flexibility index (Phi) is 7.20. The molecule has 8 heteroatoms. The monoisotopic (exact) mass is 519 g/mol. The van der Waals surface area contributed by atoms with Crippen molar-refractivity contribution in [3.63, 3.8) is 0 Å². The van der Waals surface area contributed by atoms with Crippen LogP contribution < -0.4 is 14.5 Å². The summed E-state index contributed by atoms with van der Waals surface area (Å²) in [5.41, 5.74) is 2.63. The van der Waals surface area contributed by atoms with Crippen LogP contribution in [0.1, 0.15) is 5.56 Å². The zero-order valence-corrected chi connectivity index (χ0v) is 21.5. The number of hydrogen-bond acceptors (Lipinski definition) is 5. The SMILES string of the molecule is COc1ccccc1N1CCN(C(=O)CN2C(=O)C(=Cc3cccc(Cl)c3)Sc3ccccc32)CC1. The lowest BCUT2D eigenvalue weighted by Gasteiger charge is -2.38. The molecule has 0 saturated carbocycles. The topological polar surface area (TPSA) is 53.1 Å². The zero-order valence-electron chi connectivity index (χ0n) is 19.9. The standard InChI is InChI=1S/C28H26ClN3O3S/c1-35-24-11-4-2-9-22(24)30-13-15-31(16-14-30)27(33)19-32-23-10-3-5-12-25(23)36-26(28(32)34)18-20-7-6-8-21(29)17-20/h2-12,17-18H,13-16,19H2,1H3. The van der Waals surface area contributed by atoms with Gasteiger partial charge in [0.2, 0.25) is 5.91 Å². The summed E-state index contributed by atoms with van der Waals surface area (Å²) >= 11 is 7.55. The number of hydrogen-bond donors (Lipinski definition) is 0. The van der Waals surface area contributed by atoms with Gasteiger partial charge in [-0.3, -0.25) is 14.5 Å². The van der Waals surface area contributed by atoms with E-state index in [1.807, 2.05) is 77.7 Å². The molecule has 2 heterocycles. The van der Waals surface area contributed by atoms with Crippen LogP contribution in [0.5, 0.6) is 5.75 Å². The van der Waals surface area contributed by atoms with E-state index in [-0.39, 0.29) is 18.4 Å². The molecule has 0 radical (unpaired) electrons. The summed E-state index contributed by atoms with van der Waals surface area (Å²) in [4.78, 5) is 34.0. The Balaban J connectivity index is 1.32. The summed E-state index contributed by atoms with van der Waals surface area (Å²) in [6.45, 7) is 2.57. The van der Waals surface area contributed by atoms with Crippen LogP contribution in [0, 0.1) is 0 Å². The second-order valence-corrected chi connectivity index (χ2v) is 10.1. The van der Waals surface area contributed by atoms with Crippen molar-refractivity contribution in [1.82, 2.24) is 4.90 Å². The summed E-state index contributed by atoms with van der Waals surface area (Å²) in [6.07, 6.45) is 1.83. The van der Waals surface area contributed by atoms with Crippen molar-refractivity contribution in [3.8, 4) is 5.75 Å². The molecule has 6 nitrogen and oxygen atoms in total. The predicted octanol–water partition coefficient (Wildman–Crippen LogP) is 5.18. The molecule has 3 aromatic carbocycles. The normalized spacial score (nSPS) is 16.8. The fraction of sp³-hybridized carbons (Fsp3) is 0.214. The van der Waals surface area contributed by atoms with Gasteiger partial charge in [0.05, 0.1) is 23.4 Å². The molecule has 1 fully saturated rings. The third-order valence-corrected chi connectivity index (χ3v) is 7.64. The highest BCUT2D eigenvalue weighted by Crippen LogP contribution is 2.42. The van der Waals surface area contributed by atoms with Gasteiger partial charge in [-0.05, 0) is 48.0 Å². The summed E-state index contributed by atoms with van der Waals surface area (Å²) in [6, 6.07) is 23.0. The van der Waals surface area contributed by atoms with E-state index in [1.165, 1.54) is 11.8 Å². The number of ether oxygens (including phenoxy) is 1. The van der Waals surface area contributed by atoms with Crippen LogP contribution in [0.25, 0.3) is 6.08 Å². The Morgan fingerprint density at radius 1 is 0.972 bits per heavy atom. The van der Waals surface area contributed by atoms with E-state index in [1.54, 1.807) is 18.1 Å². The minimum atomic E-state index is -0.181. The average Bonchev–Trinajstić information content (AvgIpc) is 2.91. The lowest BCUT2D eigenvalue weighted by Crippen LogP contribution is -2.52. The van der Waals surface area contributed by atoms with Crippen LogP contribution in [-0.4, -0.2) is 56.5 Å². The second kappa shape index (κ2) is 10.7. The molecule has 0 spiro atoms. The molecule has 36 heavy (non-hydrogen) atoms. The molecule has 0 aromatic heterocycles. The molecule has 0 aliphatic carbocycles. The van der Waals surface area contributed by atoms with Gasteiger partial charge in [-0.25, -0.2) is 0 Å². The smallest absolute Gasteiger partial charge is 0.265 e. The first-order chi connectivity index (χ1) is 17.5. The first-order valence-corrected chi connectivity index (χ1v) is 12.9. The highest BCUT2D eigenvalue weighted by Gasteiger charge is 2.32. The van der Waals surface area contributed by atoms with Gasteiger partial charge in [0, 0.05) is 36.1 Å². The third-order valence-electron chi connectivity index (χ3n) is 6.33. The highest BCUT2D eigenvalue weighted by molar-refractivity contribution is 8.04. The Hall–Kier alpha value is -3.42. The fourth-order valence-corrected chi connectivity index (χ4v) is 5.75.